The van der Waals surface area contributed by atoms with Crippen LogP contribution in [-0.2, 0) is 27.9 Å². The Hall–Kier alpha value is -2.38. The van der Waals surface area contributed by atoms with Crippen LogP contribution in [0.15, 0.2) is 54.1 Å². The molecule has 168 valence electrons. The lowest BCUT2D eigenvalue weighted by atomic mass is 9.54. The van der Waals surface area contributed by atoms with Gasteiger partial charge in [0, 0.05) is 38.9 Å². The standard InChI is InChI=1S/C26H29NO5/c1-29-20-10-9-17-13-19-18-14-21(28)26(30-2,31-3)24-25(18,22(17)23(20)32-24)11-12-27(19)15-16-7-5-4-6-8-16/h4-10,14,19,21,24,28H,11-13,15H2,1-3H3/t19-,21+,24-,25+/m1/s1. The van der Waals surface area contributed by atoms with Gasteiger partial charge in [0.05, 0.1) is 12.5 Å². The second-order valence-corrected chi connectivity index (χ2v) is 9.22. The summed E-state index contributed by atoms with van der Waals surface area (Å²) in [6.45, 7) is 1.80. The Morgan fingerprint density at radius 1 is 1.09 bits per heavy atom. The number of nitrogens with zero attached hydrogens (tertiary/aromatic N) is 1. The number of ether oxygens (including phenoxy) is 4. The molecule has 0 aromatic heterocycles. The molecule has 0 amide bonds. The van der Waals surface area contributed by atoms with Gasteiger partial charge in [-0.3, -0.25) is 4.90 Å². The molecule has 2 bridgehead atoms. The zero-order chi connectivity index (χ0) is 22.1. The van der Waals surface area contributed by atoms with Crippen LogP contribution < -0.4 is 9.47 Å². The molecule has 2 aromatic rings. The van der Waals surface area contributed by atoms with Crippen molar-refractivity contribution in [3.8, 4) is 11.5 Å². The van der Waals surface area contributed by atoms with Crippen LogP contribution >= 0.6 is 0 Å². The third-order valence-electron chi connectivity index (χ3n) is 8.06. The van der Waals surface area contributed by atoms with Crippen molar-refractivity contribution in [2.24, 2.45) is 0 Å². The Bertz CT molecular complexity index is 1080. The first-order valence-electron chi connectivity index (χ1n) is 11.2. The summed E-state index contributed by atoms with van der Waals surface area (Å²) >= 11 is 0. The Balaban J connectivity index is 1.54. The molecule has 0 unspecified atom stereocenters. The molecule has 2 aliphatic heterocycles. The van der Waals surface area contributed by atoms with Crippen molar-refractivity contribution in [1.29, 1.82) is 0 Å². The third kappa shape index (κ3) is 2.38. The summed E-state index contributed by atoms with van der Waals surface area (Å²) in [5.74, 6) is 0.199. The molecule has 1 N–H and O–H groups in total. The van der Waals surface area contributed by atoms with E-state index in [0.717, 1.165) is 31.7 Å². The summed E-state index contributed by atoms with van der Waals surface area (Å²) in [5.41, 5.74) is 4.58. The molecule has 4 atom stereocenters. The Morgan fingerprint density at radius 2 is 1.88 bits per heavy atom. The van der Waals surface area contributed by atoms with Gasteiger partial charge in [-0.25, -0.2) is 0 Å². The highest BCUT2D eigenvalue weighted by Crippen LogP contribution is 2.64. The van der Waals surface area contributed by atoms with Gasteiger partial charge < -0.3 is 24.1 Å². The van der Waals surface area contributed by atoms with E-state index in [-0.39, 0.29) is 6.04 Å². The molecular formula is C26H29NO5. The van der Waals surface area contributed by atoms with Gasteiger partial charge in [0.2, 0.25) is 5.79 Å². The number of aliphatic hydroxyl groups is 1. The van der Waals surface area contributed by atoms with Crippen LogP contribution in [0.2, 0.25) is 0 Å². The lowest BCUT2D eigenvalue weighted by Crippen LogP contribution is -2.70. The molecule has 1 spiro atoms. The monoisotopic (exact) mass is 435 g/mol. The predicted octanol–water partition coefficient (Wildman–Crippen LogP) is 2.81. The van der Waals surface area contributed by atoms with Crippen molar-refractivity contribution < 1.29 is 24.1 Å². The summed E-state index contributed by atoms with van der Waals surface area (Å²) in [4.78, 5) is 2.54. The number of methoxy groups -OCH3 is 3. The number of likely N-dealkylation sites (tertiary alicyclic amines) is 1. The Labute approximate surface area is 188 Å². The van der Waals surface area contributed by atoms with Gasteiger partial charge in [0.1, 0.15) is 6.10 Å². The minimum atomic E-state index is -1.28. The third-order valence-corrected chi connectivity index (χ3v) is 8.06. The molecule has 32 heavy (non-hydrogen) atoms. The van der Waals surface area contributed by atoms with E-state index < -0.39 is 23.4 Å². The topological polar surface area (TPSA) is 60.4 Å². The number of hydrogen-bond donors (Lipinski definition) is 1. The second kappa shape index (κ2) is 7.06. The van der Waals surface area contributed by atoms with Gasteiger partial charge in [-0.1, -0.05) is 36.4 Å². The van der Waals surface area contributed by atoms with Crippen LogP contribution in [0.3, 0.4) is 0 Å². The minimum absolute atomic E-state index is 0.184. The van der Waals surface area contributed by atoms with E-state index in [1.807, 2.05) is 12.1 Å². The number of benzene rings is 2. The van der Waals surface area contributed by atoms with Crippen LogP contribution in [0.4, 0.5) is 0 Å². The zero-order valence-electron chi connectivity index (χ0n) is 18.7. The largest absolute Gasteiger partial charge is 0.493 e. The summed E-state index contributed by atoms with van der Waals surface area (Å²) in [7, 11) is 4.83. The van der Waals surface area contributed by atoms with Crippen molar-refractivity contribution in [3.63, 3.8) is 0 Å². The molecule has 0 saturated carbocycles. The number of rotatable bonds is 5. The second-order valence-electron chi connectivity index (χ2n) is 9.22. The van der Waals surface area contributed by atoms with Crippen LogP contribution in [-0.4, -0.2) is 61.9 Å². The first-order chi connectivity index (χ1) is 15.6. The molecule has 6 nitrogen and oxygen atoms in total. The van der Waals surface area contributed by atoms with Crippen molar-refractivity contribution in [2.75, 3.05) is 27.9 Å². The van der Waals surface area contributed by atoms with E-state index in [9.17, 15) is 5.11 Å². The van der Waals surface area contributed by atoms with Crippen LogP contribution in [0.5, 0.6) is 11.5 Å². The fraction of sp³-hybridized carbons (Fsp3) is 0.462. The molecule has 6 rings (SSSR count). The summed E-state index contributed by atoms with van der Waals surface area (Å²) in [6.07, 6.45) is 2.29. The summed E-state index contributed by atoms with van der Waals surface area (Å²) in [5, 5.41) is 11.3. The quantitative estimate of drug-likeness (QED) is 0.576. The lowest BCUT2D eigenvalue weighted by Gasteiger charge is -2.58. The minimum Gasteiger partial charge on any atom is -0.493 e. The average Bonchev–Trinajstić information content (AvgIpc) is 3.17. The Kier molecular flexibility index (Phi) is 4.46. The van der Waals surface area contributed by atoms with Crippen LogP contribution in [0.1, 0.15) is 23.1 Å². The zero-order valence-corrected chi connectivity index (χ0v) is 18.7. The van der Waals surface area contributed by atoms with E-state index in [0.29, 0.717) is 5.75 Å². The van der Waals surface area contributed by atoms with Gasteiger partial charge in [0.15, 0.2) is 17.6 Å². The fourth-order valence-corrected chi connectivity index (χ4v) is 6.68. The van der Waals surface area contributed by atoms with Crippen LogP contribution in [0, 0.1) is 0 Å². The maximum atomic E-state index is 11.3. The van der Waals surface area contributed by atoms with E-state index >= 15 is 0 Å². The molecule has 4 aliphatic rings. The van der Waals surface area contributed by atoms with Crippen molar-refractivity contribution in [1.82, 2.24) is 4.90 Å². The van der Waals surface area contributed by atoms with Gasteiger partial charge in [-0.05, 0) is 41.7 Å². The highest BCUT2D eigenvalue weighted by atomic mass is 16.7. The van der Waals surface area contributed by atoms with E-state index in [2.05, 4.69) is 41.3 Å². The SMILES string of the molecule is COc1ccc2c3c1O[C@H]1C(OC)(OC)[C@@H](O)C=C4[C@@H](C2)N(Cc2ccccc2)CC[C@]431. The molecule has 0 radical (unpaired) electrons. The van der Waals surface area contributed by atoms with Gasteiger partial charge in [0.25, 0.3) is 0 Å². The first-order valence-corrected chi connectivity index (χ1v) is 11.2. The molecule has 6 heteroatoms. The maximum Gasteiger partial charge on any atom is 0.237 e. The fourth-order valence-electron chi connectivity index (χ4n) is 6.68. The molecule has 2 aliphatic carbocycles. The van der Waals surface area contributed by atoms with Gasteiger partial charge in [-0.2, -0.15) is 0 Å². The average molecular weight is 436 g/mol. The Morgan fingerprint density at radius 3 is 2.59 bits per heavy atom. The summed E-state index contributed by atoms with van der Waals surface area (Å²) < 4.78 is 24.1. The summed E-state index contributed by atoms with van der Waals surface area (Å²) in [6, 6.07) is 14.9. The number of hydrogen-bond acceptors (Lipinski definition) is 6. The van der Waals surface area contributed by atoms with E-state index in [1.54, 1.807) is 21.3 Å². The molecule has 2 aromatic carbocycles. The van der Waals surface area contributed by atoms with Gasteiger partial charge in [-0.15, -0.1) is 0 Å². The van der Waals surface area contributed by atoms with Crippen molar-refractivity contribution in [3.05, 3.63) is 70.8 Å². The molecule has 1 fully saturated rings. The number of aliphatic hydroxyl groups excluding tert-OH is 1. The van der Waals surface area contributed by atoms with Crippen LogP contribution in [0.25, 0.3) is 0 Å². The van der Waals surface area contributed by atoms with E-state index in [4.69, 9.17) is 18.9 Å². The maximum absolute atomic E-state index is 11.3. The number of piperidine rings is 1. The predicted molar refractivity (Wildman–Crippen MR) is 119 cm³/mol. The molecule has 1 saturated heterocycles. The lowest BCUT2D eigenvalue weighted by molar-refractivity contribution is -0.300. The molecular weight excluding hydrogens is 406 g/mol. The smallest absolute Gasteiger partial charge is 0.237 e. The highest BCUT2D eigenvalue weighted by Gasteiger charge is 2.70. The van der Waals surface area contributed by atoms with Crippen molar-refractivity contribution >= 4 is 0 Å². The highest BCUT2D eigenvalue weighted by molar-refractivity contribution is 5.66. The first kappa shape index (κ1) is 20.2. The van der Waals surface area contributed by atoms with E-state index in [1.165, 1.54) is 22.3 Å². The van der Waals surface area contributed by atoms with Crippen molar-refractivity contribution in [2.45, 2.75) is 48.8 Å². The molecule has 2 heterocycles. The normalized spacial score (nSPS) is 31.5. The van der Waals surface area contributed by atoms with Gasteiger partial charge >= 0.3 is 0 Å².